The van der Waals surface area contributed by atoms with Gasteiger partial charge in [0.1, 0.15) is 5.75 Å². The molecule has 0 amide bonds. The minimum absolute atomic E-state index is 0.334. The van der Waals surface area contributed by atoms with Crippen molar-refractivity contribution >= 4 is 11.6 Å². The highest BCUT2D eigenvalue weighted by Gasteiger charge is 2.25. The van der Waals surface area contributed by atoms with Crippen molar-refractivity contribution in [1.82, 2.24) is 5.32 Å². The third-order valence-corrected chi connectivity index (χ3v) is 4.48. The summed E-state index contributed by atoms with van der Waals surface area (Å²) < 4.78 is 0. The van der Waals surface area contributed by atoms with Crippen molar-refractivity contribution in [2.24, 2.45) is 0 Å². The molecular weight excluding hydrogens is 234 g/mol. The quantitative estimate of drug-likeness (QED) is 0.804. The Kier molecular flexibility index (Phi) is 3.01. The Balaban J connectivity index is 2.01. The Bertz CT molecular complexity index is 438. The van der Waals surface area contributed by atoms with Crippen molar-refractivity contribution in [3.05, 3.63) is 27.8 Å². The molecule has 1 unspecified atom stereocenters. The fraction of sp³-hybridized carbons (Fsp3) is 0.571. The maximum Gasteiger partial charge on any atom is 0.137 e. The van der Waals surface area contributed by atoms with Crippen LogP contribution in [0.15, 0.2) is 6.07 Å². The van der Waals surface area contributed by atoms with Gasteiger partial charge in [-0.25, -0.2) is 0 Å². The molecule has 1 aromatic rings. The van der Waals surface area contributed by atoms with Crippen LogP contribution < -0.4 is 5.32 Å². The van der Waals surface area contributed by atoms with E-state index in [0.717, 1.165) is 37.9 Å². The fourth-order valence-electron chi connectivity index (χ4n) is 3.13. The Labute approximate surface area is 107 Å². The van der Waals surface area contributed by atoms with E-state index >= 15 is 0 Å². The first-order valence-corrected chi connectivity index (χ1v) is 6.89. The lowest BCUT2D eigenvalue weighted by Crippen LogP contribution is -2.28. The van der Waals surface area contributed by atoms with Crippen molar-refractivity contribution in [2.75, 3.05) is 13.1 Å². The van der Waals surface area contributed by atoms with Gasteiger partial charge in [0, 0.05) is 18.0 Å². The average molecular weight is 252 g/mol. The molecule has 0 radical (unpaired) electrons. The van der Waals surface area contributed by atoms with E-state index in [1.54, 1.807) is 0 Å². The van der Waals surface area contributed by atoms with Crippen molar-refractivity contribution in [2.45, 2.75) is 38.0 Å². The molecule has 1 heterocycles. The highest BCUT2D eigenvalue weighted by atomic mass is 35.5. The molecule has 2 aliphatic rings. The number of rotatable bonds is 1. The molecule has 2 N–H and O–H groups in total. The van der Waals surface area contributed by atoms with Crippen LogP contribution in [0.25, 0.3) is 0 Å². The van der Waals surface area contributed by atoms with Gasteiger partial charge in [-0.15, -0.1) is 0 Å². The van der Waals surface area contributed by atoms with Gasteiger partial charge in [0.2, 0.25) is 0 Å². The van der Waals surface area contributed by atoms with Crippen LogP contribution in [-0.2, 0) is 12.8 Å². The zero-order valence-corrected chi connectivity index (χ0v) is 10.7. The molecule has 0 saturated carbocycles. The average Bonchev–Trinajstić information content (AvgIpc) is 2.83. The van der Waals surface area contributed by atoms with Gasteiger partial charge in [0.15, 0.2) is 0 Å². The van der Waals surface area contributed by atoms with E-state index < -0.39 is 0 Å². The molecule has 1 fully saturated rings. The van der Waals surface area contributed by atoms with Crippen LogP contribution in [-0.4, -0.2) is 18.2 Å². The molecular formula is C14H18ClNO. The third kappa shape index (κ3) is 1.94. The van der Waals surface area contributed by atoms with Gasteiger partial charge >= 0.3 is 0 Å². The van der Waals surface area contributed by atoms with E-state index in [2.05, 4.69) is 11.4 Å². The van der Waals surface area contributed by atoms with E-state index in [9.17, 15) is 5.11 Å². The lowest BCUT2D eigenvalue weighted by molar-refractivity contribution is 0.425. The number of aryl methyl sites for hydroxylation is 1. The number of nitrogens with one attached hydrogen (secondary N) is 1. The second-order valence-corrected chi connectivity index (χ2v) is 5.54. The van der Waals surface area contributed by atoms with Crippen LogP contribution in [0.1, 0.15) is 41.9 Å². The first-order valence-electron chi connectivity index (χ1n) is 6.51. The Morgan fingerprint density at radius 2 is 2.18 bits per heavy atom. The number of hydrogen-bond donors (Lipinski definition) is 2. The normalized spacial score (nSPS) is 23.7. The lowest BCUT2D eigenvalue weighted by atomic mass is 9.89. The van der Waals surface area contributed by atoms with Gasteiger partial charge in [-0.1, -0.05) is 17.7 Å². The van der Waals surface area contributed by atoms with E-state index in [-0.39, 0.29) is 0 Å². The standard InChI is InChI=1S/C14H18ClNO/c15-13-11-5-1-3-9(11)7-12(14(13)17)10-4-2-6-16-8-10/h7,10,16-17H,1-6,8H2. The van der Waals surface area contributed by atoms with Crippen molar-refractivity contribution in [3.8, 4) is 5.75 Å². The summed E-state index contributed by atoms with van der Waals surface area (Å²) >= 11 is 6.29. The molecule has 92 valence electrons. The molecule has 0 spiro atoms. The molecule has 1 aliphatic carbocycles. The zero-order valence-electron chi connectivity index (χ0n) is 9.93. The maximum absolute atomic E-state index is 10.3. The molecule has 3 rings (SSSR count). The number of halogens is 1. The summed E-state index contributed by atoms with van der Waals surface area (Å²) in [6, 6.07) is 2.20. The van der Waals surface area contributed by atoms with Crippen LogP contribution in [0, 0.1) is 0 Å². The first kappa shape index (κ1) is 11.4. The van der Waals surface area contributed by atoms with Crippen LogP contribution in [0.2, 0.25) is 5.02 Å². The predicted molar refractivity (Wildman–Crippen MR) is 70.0 cm³/mol. The Morgan fingerprint density at radius 1 is 1.29 bits per heavy atom. The van der Waals surface area contributed by atoms with Crippen molar-refractivity contribution in [1.29, 1.82) is 0 Å². The molecule has 0 bridgehead atoms. The summed E-state index contributed by atoms with van der Waals surface area (Å²) in [5.41, 5.74) is 3.59. The SMILES string of the molecule is Oc1c(C2CCCNC2)cc2c(c1Cl)CCC2. The fourth-order valence-corrected chi connectivity index (χ4v) is 3.46. The van der Waals surface area contributed by atoms with Gasteiger partial charge in [0.25, 0.3) is 0 Å². The summed E-state index contributed by atoms with van der Waals surface area (Å²) in [5.74, 6) is 0.758. The summed E-state index contributed by atoms with van der Waals surface area (Å²) in [5, 5.41) is 14.3. The second-order valence-electron chi connectivity index (χ2n) is 5.16. The molecule has 2 nitrogen and oxygen atoms in total. The minimum Gasteiger partial charge on any atom is -0.506 e. The topological polar surface area (TPSA) is 32.3 Å². The largest absolute Gasteiger partial charge is 0.506 e. The van der Waals surface area contributed by atoms with Gasteiger partial charge in [-0.2, -0.15) is 0 Å². The van der Waals surface area contributed by atoms with E-state index in [1.807, 2.05) is 0 Å². The highest BCUT2D eigenvalue weighted by molar-refractivity contribution is 6.33. The molecule has 1 saturated heterocycles. The zero-order chi connectivity index (χ0) is 11.8. The van der Waals surface area contributed by atoms with E-state index in [1.165, 1.54) is 24.0 Å². The molecule has 3 heteroatoms. The molecule has 1 atom stereocenters. The summed E-state index contributed by atoms with van der Waals surface area (Å²) in [6.07, 6.45) is 5.63. The van der Waals surface area contributed by atoms with Crippen molar-refractivity contribution in [3.63, 3.8) is 0 Å². The molecule has 0 aromatic heterocycles. The molecule has 1 aliphatic heterocycles. The van der Waals surface area contributed by atoms with Crippen LogP contribution in [0.3, 0.4) is 0 Å². The highest BCUT2D eigenvalue weighted by Crippen LogP contribution is 2.42. The Morgan fingerprint density at radius 3 is 2.94 bits per heavy atom. The van der Waals surface area contributed by atoms with Crippen LogP contribution in [0.4, 0.5) is 0 Å². The first-order chi connectivity index (χ1) is 8.27. The maximum atomic E-state index is 10.3. The monoisotopic (exact) mass is 251 g/mol. The number of phenols is 1. The smallest absolute Gasteiger partial charge is 0.137 e. The Hall–Kier alpha value is -0.730. The summed E-state index contributed by atoms with van der Waals surface area (Å²) in [7, 11) is 0. The van der Waals surface area contributed by atoms with Crippen LogP contribution >= 0.6 is 11.6 Å². The number of benzene rings is 1. The summed E-state index contributed by atoms with van der Waals surface area (Å²) in [6.45, 7) is 2.05. The number of phenolic OH excluding ortho intramolecular Hbond substituents is 1. The van der Waals surface area contributed by atoms with Crippen LogP contribution in [0.5, 0.6) is 5.75 Å². The lowest BCUT2D eigenvalue weighted by Gasteiger charge is -2.25. The van der Waals surface area contributed by atoms with E-state index in [0.29, 0.717) is 16.7 Å². The number of piperidine rings is 1. The third-order valence-electron chi connectivity index (χ3n) is 4.07. The second kappa shape index (κ2) is 4.51. The minimum atomic E-state index is 0.334. The van der Waals surface area contributed by atoms with Gasteiger partial charge in [0.05, 0.1) is 5.02 Å². The molecule has 1 aromatic carbocycles. The predicted octanol–water partition coefficient (Wildman–Crippen LogP) is 3.00. The van der Waals surface area contributed by atoms with Gasteiger partial charge < -0.3 is 10.4 Å². The molecule has 17 heavy (non-hydrogen) atoms. The number of aromatic hydroxyl groups is 1. The number of fused-ring (bicyclic) bond motifs is 1. The van der Waals surface area contributed by atoms with Crippen molar-refractivity contribution < 1.29 is 5.11 Å². The van der Waals surface area contributed by atoms with Gasteiger partial charge in [-0.05, 0) is 49.8 Å². The summed E-state index contributed by atoms with van der Waals surface area (Å²) in [4.78, 5) is 0. The van der Waals surface area contributed by atoms with Gasteiger partial charge in [-0.3, -0.25) is 0 Å². The number of hydrogen-bond acceptors (Lipinski definition) is 2. The van der Waals surface area contributed by atoms with E-state index in [4.69, 9.17) is 11.6 Å².